The van der Waals surface area contributed by atoms with Crippen LogP contribution >= 0.6 is 28.3 Å². The summed E-state index contributed by atoms with van der Waals surface area (Å²) >= 11 is 3.27. The SMILES string of the molecule is CN(C)c1ccc(Br)c(S(=O)(=O)NCC(C)(C)N)c1.Cl. The zero-order chi connectivity index (χ0) is 14.8. The average Bonchev–Trinajstić information content (AvgIpc) is 2.25. The molecular formula is C12H21BrClN3O2S. The number of halogens is 2. The van der Waals surface area contributed by atoms with Gasteiger partial charge in [-0.05, 0) is 48.0 Å². The van der Waals surface area contributed by atoms with Crippen LogP contribution in [0.15, 0.2) is 27.6 Å². The highest BCUT2D eigenvalue weighted by molar-refractivity contribution is 9.10. The summed E-state index contributed by atoms with van der Waals surface area (Å²) in [5.74, 6) is 0. The highest BCUT2D eigenvalue weighted by Gasteiger charge is 2.21. The normalized spacial score (nSPS) is 11.9. The summed E-state index contributed by atoms with van der Waals surface area (Å²) in [4.78, 5) is 2.06. The van der Waals surface area contributed by atoms with E-state index in [0.29, 0.717) is 4.47 Å². The molecule has 116 valence electrons. The number of rotatable bonds is 5. The fourth-order valence-corrected chi connectivity index (χ4v) is 3.54. The van der Waals surface area contributed by atoms with Crippen molar-refractivity contribution in [3.05, 3.63) is 22.7 Å². The van der Waals surface area contributed by atoms with Crippen LogP contribution in [0, 0.1) is 0 Å². The molecule has 0 bridgehead atoms. The molecule has 0 unspecified atom stereocenters. The molecule has 8 heteroatoms. The number of hydrogen-bond donors (Lipinski definition) is 2. The van der Waals surface area contributed by atoms with E-state index in [-0.39, 0.29) is 23.8 Å². The van der Waals surface area contributed by atoms with Crippen LogP contribution in [0.5, 0.6) is 0 Å². The molecule has 0 saturated carbocycles. The predicted octanol–water partition coefficient (Wildman–Crippen LogP) is 1.95. The number of nitrogens with two attached hydrogens (primary N) is 1. The first-order valence-corrected chi connectivity index (χ1v) is 8.06. The molecule has 0 spiro atoms. The fourth-order valence-electron chi connectivity index (χ4n) is 1.33. The van der Waals surface area contributed by atoms with Crippen LogP contribution in [-0.2, 0) is 10.0 Å². The Kier molecular flexibility index (Phi) is 6.96. The topological polar surface area (TPSA) is 75.4 Å². The minimum Gasteiger partial charge on any atom is -0.378 e. The number of benzene rings is 1. The first-order valence-electron chi connectivity index (χ1n) is 5.78. The van der Waals surface area contributed by atoms with Gasteiger partial charge in [-0.15, -0.1) is 12.4 Å². The summed E-state index contributed by atoms with van der Waals surface area (Å²) in [6.45, 7) is 3.70. The zero-order valence-corrected chi connectivity index (χ0v) is 15.2. The van der Waals surface area contributed by atoms with Gasteiger partial charge in [-0.25, -0.2) is 13.1 Å². The highest BCUT2D eigenvalue weighted by atomic mass is 79.9. The third-order valence-corrected chi connectivity index (χ3v) is 4.83. The smallest absolute Gasteiger partial charge is 0.241 e. The Morgan fingerprint density at radius 1 is 1.35 bits per heavy atom. The molecule has 1 rings (SSSR count). The van der Waals surface area contributed by atoms with E-state index >= 15 is 0 Å². The maximum Gasteiger partial charge on any atom is 0.241 e. The van der Waals surface area contributed by atoms with Crippen molar-refractivity contribution in [2.45, 2.75) is 24.3 Å². The molecule has 0 fully saturated rings. The molecule has 0 saturated heterocycles. The Morgan fingerprint density at radius 2 is 1.90 bits per heavy atom. The summed E-state index contributed by atoms with van der Waals surface area (Å²) in [7, 11) is 0.131. The second-order valence-corrected chi connectivity index (χ2v) is 7.91. The Bertz CT molecular complexity index is 556. The molecule has 0 radical (unpaired) electrons. The Labute approximate surface area is 135 Å². The molecule has 0 amide bonds. The van der Waals surface area contributed by atoms with Gasteiger partial charge >= 0.3 is 0 Å². The molecule has 0 aliphatic rings. The standard InChI is InChI=1S/C12H20BrN3O2S.ClH/c1-12(2,14)8-15-19(17,18)11-7-9(16(3)4)5-6-10(11)13;/h5-7,15H,8,14H2,1-4H3;1H. The third-order valence-electron chi connectivity index (χ3n) is 2.44. The summed E-state index contributed by atoms with van der Waals surface area (Å²) in [6.07, 6.45) is 0. The van der Waals surface area contributed by atoms with Crippen molar-refractivity contribution in [2.75, 3.05) is 25.5 Å². The Hall–Kier alpha value is -0.340. The largest absolute Gasteiger partial charge is 0.378 e. The van der Waals surface area contributed by atoms with E-state index in [4.69, 9.17) is 5.73 Å². The molecule has 0 heterocycles. The number of hydrogen-bond acceptors (Lipinski definition) is 4. The van der Waals surface area contributed by atoms with E-state index in [1.54, 1.807) is 26.0 Å². The minimum absolute atomic E-state index is 0. The van der Waals surface area contributed by atoms with Gasteiger partial charge < -0.3 is 10.6 Å². The molecule has 0 atom stereocenters. The van der Waals surface area contributed by atoms with Gasteiger partial charge in [-0.3, -0.25) is 0 Å². The van der Waals surface area contributed by atoms with E-state index < -0.39 is 15.6 Å². The van der Waals surface area contributed by atoms with Crippen LogP contribution in [-0.4, -0.2) is 34.6 Å². The molecule has 1 aromatic rings. The van der Waals surface area contributed by atoms with Crippen LogP contribution in [0.25, 0.3) is 0 Å². The Balaban J connectivity index is 0.00000361. The van der Waals surface area contributed by atoms with Crippen molar-refractivity contribution in [1.29, 1.82) is 0 Å². The fraction of sp³-hybridized carbons (Fsp3) is 0.500. The van der Waals surface area contributed by atoms with Gasteiger partial charge in [0.1, 0.15) is 0 Å². The Morgan fingerprint density at radius 3 is 2.35 bits per heavy atom. The second kappa shape index (κ2) is 7.09. The van der Waals surface area contributed by atoms with Gasteiger partial charge in [-0.2, -0.15) is 0 Å². The number of nitrogens with one attached hydrogen (secondary N) is 1. The maximum absolute atomic E-state index is 12.3. The maximum atomic E-state index is 12.3. The van der Waals surface area contributed by atoms with Crippen LogP contribution in [0.2, 0.25) is 0 Å². The second-order valence-electron chi connectivity index (χ2n) is 5.32. The first-order chi connectivity index (χ1) is 8.53. The van der Waals surface area contributed by atoms with Gasteiger partial charge in [-0.1, -0.05) is 0 Å². The first kappa shape index (κ1) is 19.7. The van der Waals surface area contributed by atoms with Gasteiger partial charge in [0, 0.05) is 36.3 Å². The van der Waals surface area contributed by atoms with E-state index in [9.17, 15) is 8.42 Å². The van der Waals surface area contributed by atoms with Gasteiger partial charge in [0.2, 0.25) is 10.0 Å². The van der Waals surface area contributed by atoms with Crippen LogP contribution in [0.4, 0.5) is 5.69 Å². The molecule has 3 N–H and O–H groups in total. The van der Waals surface area contributed by atoms with Crippen LogP contribution < -0.4 is 15.4 Å². The van der Waals surface area contributed by atoms with Gasteiger partial charge in [0.15, 0.2) is 0 Å². The molecular weight excluding hydrogens is 366 g/mol. The number of anilines is 1. The lowest BCUT2D eigenvalue weighted by Crippen LogP contribution is -2.45. The highest BCUT2D eigenvalue weighted by Crippen LogP contribution is 2.26. The van der Waals surface area contributed by atoms with Crippen molar-refractivity contribution in [3.63, 3.8) is 0 Å². The quantitative estimate of drug-likeness (QED) is 0.811. The summed E-state index contributed by atoms with van der Waals surface area (Å²) in [6, 6.07) is 5.18. The van der Waals surface area contributed by atoms with E-state index in [1.165, 1.54) is 0 Å². The molecule has 0 aliphatic heterocycles. The van der Waals surface area contributed by atoms with E-state index in [1.807, 2.05) is 25.1 Å². The monoisotopic (exact) mass is 385 g/mol. The number of sulfonamides is 1. The lowest BCUT2D eigenvalue weighted by atomic mass is 10.1. The van der Waals surface area contributed by atoms with Crippen molar-refractivity contribution in [3.8, 4) is 0 Å². The summed E-state index contributed by atoms with van der Waals surface area (Å²) in [5, 5.41) is 0. The lowest BCUT2D eigenvalue weighted by molar-refractivity contribution is 0.498. The number of nitrogens with zero attached hydrogens (tertiary/aromatic N) is 1. The van der Waals surface area contributed by atoms with E-state index in [2.05, 4.69) is 20.7 Å². The zero-order valence-electron chi connectivity index (χ0n) is 12.0. The lowest BCUT2D eigenvalue weighted by Gasteiger charge is -2.20. The van der Waals surface area contributed by atoms with Crippen molar-refractivity contribution < 1.29 is 8.42 Å². The summed E-state index contributed by atoms with van der Waals surface area (Å²) < 4.78 is 27.6. The minimum atomic E-state index is -3.58. The van der Waals surface area contributed by atoms with Gasteiger partial charge in [0.25, 0.3) is 0 Å². The van der Waals surface area contributed by atoms with E-state index in [0.717, 1.165) is 5.69 Å². The average molecular weight is 387 g/mol. The predicted molar refractivity (Wildman–Crippen MR) is 89.2 cm³/mol. The molecule has 20 heavy (non-hydrogen) atoms. The molecule has 0 aliphatic carbocycles. The van der Waals surface area contributed by atoms with Crippen molar-refractivity contribution in [1.82, 2.24) is 4.72 Å². The molecule has 5 nitrogen and oxygen atoms in total. The van der Waals surface area contributed by atoms with Crippen molar-refractivity contribution in [2.24, 2.45) is 5.73 Å². The van der Waals surface area contributed by atoms with Crippen LogP contribution in [0.3, 0.4) is 0 Å². The molecule has 0 aromatic heterocycles. The summed E-state index contributed by atoms with van der Waals surface area (Å²) in [5.41, 5.74) is 6.01. The van der Waals surface area contributed by atoms with Crippen LogP contribution in [0.1, 0.15) is 13.8 Å². The third kappa shape index (κ3) is 5.57. The van der Waals surface area contributed by atoms with Crippen molar-refractivity contribution >= 4 is 44.0 Å². The molecule has 1 aromatic carbocycles. The van der Waals surface area contributed by atoms with Gasteiger partial charge in [0.05, 0.1) is 4.90 Å².